The monoisotopic (exact) mass is 259 g/mol. The number of benzene rings is 1. The van der Waals surface area contributed by atoms with Crippen LogP contribution in [0.3, 0.4) is 0 Å². The van der Waals surface area contributed by atoms with Crippen LogP contribution in [0.25, 0.3) is 0 Å². The number of ether oxygens (including phenoxy) is 1. The Balaban J connectivity index is 1.64. The minimum Gasteiger partial charge on any atom is -0.495 e. The molecule has 1 saturated carbocycles. The molecule has 0 unspecified atom stereocenters. The lowest BCUT2D eigenvalue weighted by Gasteiger charge is -2.37. The highest BCUT2D eigenvalue weighted by atomic mass is 16.5. The van der Waals surface area contributed by atoms with Crippen LogP contribution in [-0.2, 0) is 0 Å². The number of anilines is 1. The van der Waals surface area contributed by atoms with Crippen molar-refractivity contribution in [2.75, 3.05) is 38.2 Å². The Bertz CT molecular complexity index is 462. The predicted octanol–water partition coefficient (Wildman–Crippen LogP) is 2.20. The molecular weight excluding hydrogens is 238 g/mol. The summed E-state index contributed by atoms with van der Waals surface area (Å²) >= 11 is 0. The van der Waals surface area contributed by atoms with Crippen molar-refractivity contribution < 1.29 is 4.74 Å². The Morgan fingerprint density at radius 3 is 2.47 bits per heavy atom. The lowest BCUT2D eigenvalue weighted by atomic mass is 10.2. The molecule has 102 valence electrons. The topological polar surface area (TPSA) is 39.6 Å². The molecule has 0 amide bonds. The van der Waals surface area contributed by atoms with Gasteiger partial charge in [-0.15, -0.1) is 0 Å². The molecule has 1 N–H and O–H groups in total. The Kier molecular flexibility index (Phi) is 3.32. The Hall–Kier alpha value is -1.71. The summed E-state index contributed by atoms with van der Waals surface area (Å²) in [5.74, 6) is 2.35. The van der Waals surface area contributed by atoms with E-state index in [1.807, 2.05) is 12.1 Å². The largest absolute Gasteiger partial charge is 0.495 e. The van der Waals surface area contributed by atoms with Gasteiger partial charge in [-0.25, -0.2) is 0 Å². The van der Waals surface area contributed by atoms with Crippen LogP contribution in [0, 0.1) is 11.3 Å². The van der Waals surface area contributed by atoms with Crippen molar-refractivity contribution in [2.24, 2.45) is 5.92 Å². The summed E-state index contributed by atoms with van der Waals surface area (Å²) in [5, 5.41) is 8.13. The molecule has 1 aliphatic carbocycles. The van der Waals surface area contributed by atoms with E-state index in [1.54, 1.807) is 7.11 Å². The highest BCUT2D eigenvalue weighted by Crippen LogP contribution is 2.32. The van der Waals surface area contributed by atoms with Crippen molar-refractivity contribution in [1.82, 2.24) is 4.90 Å². The zero-order valence-corrected chi connectivity index (χ0v) is 11.4. The number of hydrogen-bond donors (Lipinski definition) is 1. The second kappa shape index (κ2) is 5.11. The molecule has 2 aliphatic rings. The number of amidine groups is 1. The van der Waals surface area contributed by atoms with Gasteiger partial charge in [0.1, 0.15) is 5.75 Å². The van der Waals surface area contributed by atoms with Crippen LogP contribution in [0.1, 0.15) is 12.8 Å². The molecule has 1 heterocycles. The lowest BCUT2D eigenvalue weighted by Crippen LogP contribution is -2.49. The SMILES string of the molecule is COc1ccccc1N1CCN(C(=N)C2CC2)CC1. The summed E-state index contributed by atoms with van der Waals surface area (Å²) in [6, 6.07) is 8.17. The van der Waals surface area contributed by atoms with E-state index in [0.29, 0.717) is 5.92 Å². The molecule has 1 aliphatic heterocycles. The van der Waals surface area contributed by atoms with Crippen LogP contribution in [-0.4, -0.2) is 44.0 Å². The van der Waals surface area contributed by atoms with Gasteiger partial charge in [-0.3, -0.25) is 5.41 Å². The second-order valence-corrected chi connectivity index (χ2v) is 5.31. The molecular formula is C15H21N3O. The second-order valence-electron chi connectivity index (χ2n) is 5.31. The van der Waals surface area contributed by atoms with Crippen molar-refractivity contribution in [1.29, 1.82) is 5.41 Å². The number of nitrogens with zero attached hydrogens (tertiary/aromatic N) is 2. The zero-order valence-electron chi connectivity index (χ0n) is 11.4. The Morgan fingerprint density at radius 1 is 1.16 bits per heavy atom. The molecule has 4 heteroatoms. The van der Waals surface area contributed by atoms with Gasteiger partial charge in [-0.05, 0) is 25.0 Å². The predicted molar refractivity (Wildman–Crippen MR) is 77.2 cm³/mol. The number of nitrogens with one attached hydrogen (secondary N) is 1. The minimum absolute atomic E-state index is 0.554. The van der Waals surface area contributed by atoms with Crippen molar-refractivity contribution in [3.63, 3.8) is 0 Å². The zero-order chi connectivity index (χ0) is 13.2. The third-order valence-electron chi connectivity index (χ3n) is 4.01. The molecule has 1 aromatic carbocycles. The van der Waals surface area contributed by atoms with Gasteiger partial charge < -0.3 is 14.5 Å². The summed E-state index contributed by atoms with van der Waals surface area (Å²) in [7, 11) is 1.72. The molecule has 0 atom stereocenters. The van der Waals surface area contributed by atoms with Crippen molar-refractivity contribution in [2.45, 2.75) is 12.8 Å². The van der Waals surface area contributed by atoms with E-state index in [0.717, 1.165) is 37.8 Å². The van der Waals surface area contributed by atoms with Gasteiger partial charge in [0.2, 0.25) is 0 Å². The van der Waals surface area contributed by atoms with Gasteiger partial charge in [0, 0.05) is 32.1 Å². The molecule has 1 aromatic rings. The number of para-hydroxylation sites is 2. The third kappa shape index (κ3) is 2.53. The number of hydrogen-bond acceptors (Lipinski definition) is 3. The molecule has 0 aromatic heterocycles. The van der Waals surface area contributed by atoms with E-state index in [1.165, 1.54) is 18.5 Å². The van der Waals surface area contributed by atoms with Crippen LogP contribution in [0.15, 0.2) is 24.3 Å². The van der Waals surface area contributed by atoms with Gasteiger partial charge >= 0.3 is 0 Å². The standard InChI is InChI=1S/C15H21N3O/c1-19-14-5-3-2-4-13(14)17-8-10-18(11-9-17)15(16)12-6-7-12/h2-5,12,16H,6-11H2,1H3. The molecule has 2 fully saturated rings. The van der Waals surface area contributed by atoms with E-state index in [9.17, 15) is 0 Å². The molecule has 4 nitrogen and oxygen atoms in total. The van der Waals surface area contributed by atoms with Crippen LogP contribution < -0.4 is 9.64 Å². The first-order valence-electron chi connectivity index (χ1n) is 7.01. The number of methoxy groups -OCH3 is 1. The maximum absolute atomic E-state index is 8.13. The fraction of sp³-hybridized carbons (Fsp3) is 0.533. The van der Waals surface area contributed by atoms with Crippen LogP contribution >= 0.6 is 0 Å². The Morgan fingerprint density at radius 2 is 1.84 bits per heavy atom. The molecule has 1 saturated heterocycles. The third-order valence-corrected chi connectivity index (χ3v) is 4.01. The number of rotatable bonds is 3. The summed E-state index contributed by atoms with van der Waals surface area (Å²) < 4.78 is 5.42. The summed E-state index contributed by atoms with van der Waals surface area (Å²) in [6.45, 7) is 3.84. The fourth-order valence-electron chi connectivity index (χ4n) is 2.69. The highest BCUT2D eigenvalue weighted by Gasteiger charge is 2.31. The highest BCUT2D eigenvalue weighted by molar-refractivity contribution is 5.84. The van der Waals surface area contributed by atoms with Crippen molar-refractivity contribution in [3.8, 4) is 5.75 Å². The first kappa shape index (κ1) is 12.3. The number of piperazine rings is 1. The quantitative estimate of drug-likeness (QED) is 0.668. The van der Waals surface area contributed by atoms with Crippen molar-refractivity contribution >= 4 is 11.5 Å². The normalized spacial score (nSPS) is 19.4. The van der Waals surface area contributed by atoms with E-state index >= 15 is 0 Å². The van der Waals surface area contributed by atoms with Crippen LogP contribution in [0.2, 0.25) is 0 Å². The van der Waals surface area contributed by atoms with E-state index in [2.05, 4.69) is 21.9 Å². The molecule has 19 heavy (non-hydrogen) atoms. The Labute approximate surface area is 114 Å². The maximum Gasteiger partial charge on any atom is 0.142 e. The van der Waals surface area contributed by atoms with Crippen LogP contribution in [0.5, 0.6) is 5.75 Å². The smallest absolute Gasteiger partial charge is 0.142 e. The first-order valence-corrected chi connectivity index (χ1v) is 7.01. The molecule has 0 spiro atoms. The summed E-state index contributed by atoms with van der Waals surface area (Å²) in [4.78, 5) is 4.60. The lowest BCUT2D eigenvalue weighted by molar-refractivity contribution is 0.368. The van der Waals surface area contributed by atoms with E-state index < -0.39 is 0 Å². The van der Waals surface area contributed by atoms with E-state index in [4.69, 9.17) is 10.1 Å². The average molecular weight is 259 g/mol. The maximum atomic E-state index is 8.13. The van der Waals surface area contributed by atoms with Gasteiger partial charge in [-0.2, -0.15) is 0 Å². The molecule has 3 rings (SSSR count). The molecule has 0 bridgehead atoms. The van der Waals surface area contributed by atoms with Gasteiger partial charge in [0.15, 0.2) is 0 Å². The van der Waals surface area contributed by atoms with Gasteiger partial charge in [-0.1, -0.05) is 12.1 Å². The first-order chi connectivity index (χ1) is 9.29. The van der Waals surface area contributed by atoms with Crippen LogP contribution in [0.4, 0.5) is 5.69 Å². The summed E-state index contributed by atoms with van der Waals surface area (Å²) in [5.41, 5.74) is 1.17. The van der Waals surface area contributed by atoms with Gasteiger partial charge in [0.05, 0.1) is 18.6 Å². The fourth-order valence-corrected chi connectivity index (χ4v) is 2.69. The van der Waals surface area contributed by atoms with Crippen molar-refractivity contribution in [3.05, 3.63) is 24.3 Å². The average Bonchev–Trinajstić information content (AvgIpc) is 3.31. The molecule has 0 radical (unpaired) electrons. The summed E-state index contributed by atoms with van der Waals surface area (Å²) in [6.07, 6.45) is 2.43. The van der Waals surface area contributed by atoms with Gasteiger partial charge in [0.25, 0.3) is 0 Å². The minimum atomic E-state index is 0.554. The van der Waals surface area contributed by atoms with E-state index in [-0.39, 0.29) is 0 Å².